The van der Waals surface area contributed by atoms with Crippen molar-refractivity contribution in [1.82, 2.24) is 24.3 Å². The van der Waals surface area contributed by atoms with Gasteiger partial charge in [-0.2, -0.15) is 4.98 Å². The van der Waals surface area contributed by atoms with E-state index in [0.29, 0.717) is 37.6 Å². The first-order valence-electron chi connectivity index (χ1n) is 14.8. The minimum Gasteiger partial charge on any atom is -0.338 e. The maximum Gasteiger partial charge on any atom is 0.354 e. The van der Waals surface area contributed by atoms with Gasteiger partial charge in [-0.3, -0.25) is 14.7 Å². The molecule has 3 amide bonds. The van der Waals surface area contributed by atoms with Gasteiger partial charge >= 0.3 is 11.7 Å². The number of nitrogens with two attached hydrogens (primary N) is 2. The molecule has 222 valence electrons. The molecule has 11 heteroatoms. The van der Waals surface area contributed by atoms with Crippen LogP contribution in [-0.4, -0.2) is 93.6 Å². The number of benzene rings is 1. The fourth-order valence-corrected chi connectivity index (χ4v) is 6.42. The van der Waals surface area contributed by atoms with E-state index in [1.165, 1.54) is 48.9 Å². The van der Waals surface area contributed by atoms with E-state index < -0.39 is 11.2 Å². The smallest absolute Gasteiger partial charge is 0.338 e. The lowest BCUT2D eigenvalue weighted by molar-refractivity contribution is -0.137. The molecule has 3 fully saturated rings. The monoisotopic (exact) mass is 564 g/mol. The number of aromatic nitrogens is 2. The third-order valence-electron chi connectivity index (χ3n) is 8.91. The highest BCUT2D eigenvalue weighted by atomic mass is 16.2. The maximum absolute atomic E-state index is 12.8. The van der Waals surface area contributed by atoms with Gasteiger partial charge in [-0.05, 0) is 101 Å². The second kappa shape index (κ2) is 11.9. The maximum atomic E-state index is 12.8. The molecule has 11 nitrogen and oxygen atoms in total. The van der Waals surface area contributed by atoms with Gasteiger partial charge in [-0.1, -0.05) is 12.1 Å². The molecule has 2 aromatic rings. The van der Waals surface area contributed by atoms with Gasteiger partial charge in [0.15, 0.2) is 0 Å². The van der Waals surface area contributed by atoms with Gasteiger partial charge < -0.3 is 26.2 Å². The lowest BCUT2D eigenvalue weighted by Gasteiger charge is -2.51. The third-order valence-corrected chi connectivity index (χ3v) is 8.91. The molecule has 2 saturated heterocycles. The first-order chi connectivity index (χ1) is 19.5. The first-order valence-corrected chi connectivity index (χ1v) is 14.8. The predicted octanol–water partition coefficient (Wildman–Crippen LogP) is 1.78. The average molecular weight is 565 g/mol. The summed E-state index contributed by atoms with van der Waals surface area (Å²) in [7, 11) is 0. The van der Waals surface area contributed by atoms with E-state index in [-0.39, 0.29) is 17.8 Å². The van der Waals surface area contributed by atoms with E-state index in [9.17, 15) is 14.4 Å². The lowest BCUT2D eigenvalue weighted by Crippen LogP contribution is -2.58. The number of hydrogen-bond donors (Lipinski definition) is 3. The van der Waals surface area contributed by atoms with Gasteiger partial charge in [0.2, 0.25) is 5.91 Å². The Kier molecular flexibility index (Phi) is 8.49. The molecular formula is C30H44N8O3. The summed E-state index contributed by atoms with van der Waals surface area (Å²) >= 11 is 0. The summed E-state index contributed by atoms with van der Waals surface area (Å²) in [6.07, 6.45) is 8.72. The van der Waals surface area contributed by atoms with Crippen molar-refractivity contribution in [3.05, 3.63) is 52.6 Å². The highest BCUT2D eigenvalue weighted by molar-refractivity contribution is 5.89. The number of nitrogens with one attached hydrogen (secondary N) is 1. The van der Waals surface area contributed by atoms with Gasteiger partial charge in [-0.15, -0.1) is 0 Å². The Balaban J connectivity index is 1.07. The molecule has 0 bridgehead atoms. The van der Waals surface area contributed by atoms with E-state index in [1.54, 1.807) is 35.9 Å². The SMILES string of the molecule is CC(C)(N)C(=O)N1CCN(C(=O)Nc2ccn(-c3ccc(CCCN4CCC5(CC4)CC(N)C5)cc3)c(=O)n2)CC1. The minimum atomic E-state index is -0.944. The molecule has 3 heterocycles. The van der Waals surface area contributed by atoms with Crippen LogP contribution in [0.2, 0.25) is 0 Å². The van der Waals surface area contributed by atoms with Crippen LogP contribution in [-0.2, 0) is 11.2 Å². The second-order valence-corrected chi connectivity index (χ2v) is 12.7. The highest BCUT2D eigenvalue weighted by Crippen LogP contribution is 2.48. The lowest BCUT2D eigenvalue weighted by atomic mass is 9.61. The molecule has 3 aliphatic rings. The minimum absolute atomic E-state index is 0.138. The zero-order valence-corrected chi connectivity index (χ0v) is 24.3. The number of anilines is 1. The number of piperidine rings is 1. The number of likely N-dealkylation sites (tertiary alicyclic amines) is 1. The number of carbonyl (C=O) groups is 2. The molecular weight excluding hydrogens is 520 g/mol. The summed E-state index contributed by atoms with van der Waals surface area (Å²) in [5.74, 6) is 0.0550. The fourth-order valence-electron chi connectivity index (χ4n) is 6.42. The van der Waals surface area contributed by atoms with Crippen LogP contribution in [0.5, 0.6) is 0 Å². The Labute approximate surface area is 241 Å². The van der Waals surface area contributed by atoms with Crippen LogP contribution in [0.4, 0.5) is 10.6 Å². The number of amides is 3. The van der Waals surface area contributed by atoms with E-state index in [1.807, 2.05) is 12.1 Å². The van der Waals surface area contributed by atoms with Gasteiger partial charge in [0, 0.05) is 38.4 Å². The second-order valence-electron chi connectivity index (χ2n) is 12.7. The van der Waals surface area contributed by atoms with Crippen LogP contribution in [0, 0.1) is 5.41 Å². The van der Waals surface area contributed by atoms with Crippen molar-refractivity contribution < 1.29 is 9.59 Å². The summed E-state index contributed by atoms with van der Waals surface area (Å²) in [4.78, 5) is 47.8. The summed E-state index contributed by atoms with van der Waals surface area (Å²) < 4.78 is 1.47. The Morgan fingerprint density at radius 2 is 1.63 bits per heavy atom. The molecule has 1 aromatic heterocycles. The Hall–Kier alpha value is -3.28. The standard InChI is InChI=1S/C30H44N8O3/c1-29(2,32)26(39)36-16-18-37(19-17-36)27(40)33-25-9-13-38(28(41)34-25)24-7-5-22(6-8-24)4-3-12-35-14-10-30(11-15-35)20-23(31)21-30/h5-9,13,23H,3-4,10-12,14-21,31-32H2,1-2H3,(H,33,34,40,41). The van der Waals surface area contributed by atoms with Crippen LogP contribution in [0.25, 0.3) is 5.69 Å². The number of piperazine rings is 1. The molecule has 1 aromatic carbocycles. The van der Waals surface area contributed by atoms with Crippen LogP contribution in [0.15, 0.2) is 41.3 Å². The van der Waals surface area contributed by atoms with Gasteiger partial charge in [0.05, 0.1) is 11.2 Å². The summed E-state index contributed by atoms with van der Waals surface area (Å²) in [5.41, 5.74) is 13.0. The molecule has 0 atom stereocenters. The van der Waals surface area contributed by atoms with Gasteiger partial charge in [-0.25, -0.2) is 9.59 Å². The summed E-state index contributed by atoms with van der Waals surface area (Å²) in [5, 5.41) is 2.70. The molecule has 0 unspecified atom stereocenters. The van der Waals surface area contributed by atoms with E-state index in [0.717, 1.165) is 25.1 Å². The van der Waals surface area contributed by atoms with Crippen molar-refractivity contribution in [2.75, 3.05) is 51.1 Å². The molecule has 5 N–H and O–H groups in total. The third kappa shape index (κ3) is 6.97. The topological polar surface area (TPSA) is 143 Å². The van der Waals surface area contributed by atoms with Gasteiger partial charge in [0.25, 0.3) is 0 Å². The number of hydrogen-bond acceptors (Lipinski definition) is 7. The quantitative estimate of drug-likeness (QED) is 0.465. The molecule has 41 heavy (non-hydrogen) atoms. The average Bonchev–Trinajstić information content (AvgIpc) is 2.93. The van der Waals surface area contributed by atoms with Crippen LogP contribution in [0.1, 0.15) is 51.5 Å². The Morgan fingerprint density at radius 1 is 1.00 bits per heavy atom. The van der Waals surface area contributed by atoms with Crippen molar-refractivity contribution in [3.63, 3.8) is 0 Å². The van der Waals surface area contributed by atoms with E-state index >= 15 is 0 Å². The number of urea groups is 1. The molecule has 5 rings (SSSR count). The van der Waals surface area contributed by atoms with Crippen molar-refractivity contribution in [1.29, 1.82) is 0 Å². The van der Waals surface area contributed by atoms with E-state index in [2.05, 4.69) is 27.3 Å². The van der Waals surface area contributed by atoms with Crippen LogP contribution < -0.4 is 22.5 Å². The molecule has 0 radical (unpaired) electrons. The van der Waals surface area contributed by atoms with Crippen molar-refractivity contribution in [2.24, 2.45) is 16.9 Å². The Morgan fingerprint density at radius 3 is 2.22 bits per heavy atom. The zero-order chi connectivity index (χ0) is 29.2. The van der Waals surface area contributed by atoms with Crippen molar-refractivity contribution in [3.8, 4) is 5.69 Å². The summed E-state index contributed by atoms with van der Waals surface area (Å²) in [6.45, 7) is 8.41. The fraction of sp³-hybridized carbons (Fsp3) is 0.600. The van der Waals surface area contributed by atoms with Crippen molar-refractivity contribution >= 4 is 17.8 Å². The molecule has 1 spiro atoms. The first kappa shape index (κ1) is 29.2. The Bertz CT molecular complexity index is 1280. The predicted molar refractivity (Wildman–Crippen MR) is 159 cm³/mol. The number of carbonyl (C=O) groups excluding carboxylic acids is 2. The van der Waals surface area contributed by atoms with Crippen LogP contribution in [0.3, 0.4) is 0 Å². The molecule has 1 aliphatic carbocycles. The molecule has 2 aliphatic heterocycles. The van der Waals surface area contributed by atoms with E-state index in [4.69, 9.17) is 11.5 Å². The number of aryl methyl sites for hydroxylation is 1. The summed E-state index contributed by atoms with van der Waals surface area (Å²) in [6, 6.07) is 9.69. The number of nitrogens with zero attached hydrogens (tertiary/aromatic N) is 5. The number of rotatable bonds is 7. The zero-order valence-electron chi connectivity index (χ0n) is 24.3. The largest absolute Gasteiger partial charge is 0.354 e. The van der Waals surface area contributed by atoms with Crippen molar-refractivity contribution in [2.45, 2.75) is 64.0 Å². The van der Waals surface area contributed by atoms with Gasteiger partial charge in [0.1, 0.15) is 5.82 Å². The normalized spacial score (nSPS) is 19.7. The highest BCUT2D eigenvalue weighted by Gasteiger charge is 2.44. The van der Waals surface area contributed by atoms with Crippen LogP contribution >= 0.6 is 0 Å². The molecule has 1 saturated carbocycles.